The second-order valence-corrected chi connectivity index (χ2v) is 4.16. The van der Waals surface area contributed by atoms with E-state index >= 15 is 0 Å². The topological polar surface area (TPSA) is 29.3 Å². The maximum Gasteiger partial charge on any atom is 0.240 e. The smallest absolute Gasteiger partial charge is 0.240 e. The van der Waals surface area contributed by atoms with E-state index in [-0.39, 0.29) is 6.42 Å². The van der Waals surface area contributed by atoms with Crippen LogP contribution in [0.4, 0.5) is 20.2 Å². The Morgan fingerprint density at radius 3 is 2.94 bits per heavy atom. The molecular formula is C12H16F2N2. The summed E-state index contributed by atoms with van der Waals surface area (Å²) in [5.41, 5.74) is 8.67. The molecule has 0 aromatic heterocycles. The summed E-state index contributed by atoms with van der Waals surface area (Å²) in [6.45, 7) is 1.26. The molecule has 0 saturated heterocycles. The molecule has 16 heavy (non-hydrogen) atoms. The number of fused-ring (bicyclic) bond motifs is 1. The van der Waals surface area contributed by atoms with E-state index in [1.165, 1.54) is 5.56 Å². The molecule has 0 radical (unpaired) electrons. The first-order chi connectivity index (χ1) is 7.66. The van der Waals surface area contributed by atoms with Crippen molar-refractivity contribution in [1.29, 1.82) is 0 Å². The Balaban J connectivity index is 2.15. The van der Waals surface area contributed by atoms with Gasteiger partial charge in [-0.3, -0.25) is 0 Å². The molecule has 1 aliphatic rings. The minimum absolute atomic E-state index is 0.0752. The van der Waals surface area contributed by atoms with Gasteiger partial charge < -0.3 is 10.6 Å². The minimum Gasteiger partial charge on any atom is -0.399 e. The van der Waals surface area contributed by atoms with Crippen molar-refractivity contribution in [2.45, 2.75) is 25.7 Å². The molecule has 4 heteroatoms. The number of nitrogen functional groups attached to an aromatic ring is 1. The van der Waals surface area contributed by atoms with Crippen LogP contribution < -0.4 is 10.6 Å². The van der Waals surface area contributed by atoms with Crippen molar-refractivity contribution in [3.63, 3.8) is 0 Å². The third-order valence-electron chi connectivity index (χ3n) is 2.94. The highest BCUT2D eigenvalue weighted by molar-refractivity contribution is 5.62. The predicted octanol–water partition coefficient (Wildman–Crippen LogP) is 2.68. The van der Waals surface area contributed by atoms with Crippen LogP contribution >= 0.6 is 0 Å². The van der Waals surface area contributed by atoms with Crippen molar-refractivity contribution in [3.8, 4) is 0 Å². The average Bonchev–Trinajstić information content (AvgIpc) is 2.26. The molecule has 2 nitrogen and oxygen atoms in total. The van der Waals surface area contributed by atoms with Crippen LogP contribution in [0, 0.1) is 0 Å². The summed E-state index contributed by atoms with van der Waals surface area (Å²) in [5.74, 6) is 0. The lowest BCUT2D eigenvalue weighted by Gasteiger charge is -2.31. The van der Waals surface area contributed by atoms with E-state index in [4.69, 9.17) is 5.73 Å². The molecule has 0 fully saturated rings. The summed E-state index contributed by atoms with van der Waals surface area (Å²) < 4.78 is 24.4. The largest absolute Gasteiger partial charge is 0.399 e. The van der Waals surface area contributed by atoms with Gasteiger partial charge in [0.25, 0.3) is 0 Å². The number of nitrogens with zero attached hydrogens (tertiary/aromatic N) is 1. The Kier molecular flexibility index (Phi) is 3.27. The molecule has 0 unspecified atom stereocenters. The van der Waals surface area contributed by atoms with Crippen LogP contribution in [-0.2, 0) is 6.42 Å². The first kappa shape index (κ1) is 11.2. The number of nitrogens with two attached hydrogens (primary N) is 1. The Morgan fingerprint density at radius 2 is 2.19 bits per heavy atom. The van der Waals surface area contributed by atoms with Crippen molar-refractivity contribution in [2.75, 3.05) is 23.7 Å². The quantitative estimate of drug-likeness (QED) is 0.803. The van der Waals surface area contributed by atoms with E-state index in [9.17, 15) is 8.78 Å². The maximum absolute atomic E-state index is 12.2. The Hall–Kier alpha value is -1.32. The summed E-state index contributed by atoms with van der Waals surface area (Å²) >= 11 is 0. The molecule has 88 valence electrons. The fourth-order valence-corrected chi connectivity index (χ4v) is 2.15. The van der Waals surface area contributed by atoms with E-state index in [1.54, 1.807) is 0 Å². The molecule has 0 spiro atoms. The lowest BCUT2D eigenvalue weighted by Crippen LogP contribution is -2.31. The van der Waals surface area contributed by atoms with Crippen LogP contribution in [0.15, 0.2) is 18.2 Å². The van der Waals surface area contributed by atoms with Crippen LogP contribution in [0.3, 0.4) is 0 Å². The number of hydrogen-bond acceptors (Lipinski definition) is 2. The number of aryl methyl sites for hydroxylation is 1. The summed E-state index contributed by atoms with van der Waals surface area (Å²) in [6, 6.07) is 5.76. The molecule has 1 aromatic carbocycles. The summed E-state index contributed by atoms with van der Waals surface area (Å²) in [5, 5.41) is 0. The van der Waals surface area contributed by atoms with Crippen LogP contribution in [0.25, 0.3) is 0 Å². The van der Waals surface area contributed by atoms with Gasteiger partial charge in [0.05, 0.1) is 0 Å². The van der Waals surface area contributed by atoms with Crippen molar-refractivity contribution in [1.82, 2.24) is 0 Å². The van der Waals surface area contributed by atoms with Gasteiger partial charge in [0, 0.05) is 30.9 Å². The van der Waals surface area contributed by atoms with E-state index in [0.29, 0.717) is 12.2 Å². The Bertz CT molecular complexity index is 366. The number of benzene rings is 1. The zero-order chi connectivity index (χ0) is 11.5. The minimum atomic E-state index is -2.23. The highest BCUT2D eigenvalue weighted by Crippen LogP contribution is 2.29. The highest BCUT2D eigenvalue weighted by Gasteiger charge is 2.17. The zero-order valence-electron chi connectivity index (χ0n) is 9.13. The van der Waals surface area contributed by atoms with Crippen LogP contribution in [0.5, 0.6) is 0 Å². The van der Waals surface area contributed by atoms with E-state index in [2.05, 4.69) is 0 Å². The van der Waals surface area contributed by atoms with E-state index in [0.717, 1.165) is 25.1 Å². The van der Waals surface area contributed by atoms with Crippen molar-refractivity contribution >= 4 is 11.4 Å². The molecule has 1 aliphatic heterocycles. The SMILES string of the molecule is Nc1ccc2c(c1)N(CCC(F)F)CCC2. The van der Waals surface area contributed by atoms with Crippen LogP contribution in [0.2, 0.25) is 0 Å². The first-order valence-corrected chi connectivity index (χ1v) is 5.58. The van der Waals surface area contributed by atoms with Crippen molar-refractivity contribution in [2.24, 2.45) is 0 Å². The highest BCUT2D eigenvalue weighted by atomic mass is 19.3. The van der Waals surface area contributed by atoms with E-state index in [1.807, 2.05) is 23.1 Å². The van der Waals surface area contributed by atoms with Crippen LogP contribution in [0.1, 0.15) is 18.4 Å². The number of rotatable bonds is 3. The second-order valence-electron chi connectivity index (χ2n) is 4.16. The molecular weight excluding hydrogens is 210 g/mol. The molecule has 0 bridgehead atoms. The summed E-state index contributed by atoms with van der Waals surface area (Å²) in [4.78, 5) is 2.02. The van der Waals surface area contributed by atoms with Gasteiger partial charge in [-0.25, -0.2) is 8.78 Å². The lowest BCUT2D eigenvalue weighted by atomic mass is 10.0. The zero-order valence-corrected chi connectivity index (χ0v) is 9.13. The van der Waals surface area contributed by atoms with Gasteiger partial charge in [-0.2, -0.15) is 0 Å². The molecule has 2 N–H and O–H groups in total. The Labute approximate surface area is 94.0 Å². The lowest BCUT2D eigenvalue weighted by molar-refractivity contribution is 0.139. The van der Waals surface area contributed by atoms with Gasteiger partial charge in [-0.1, -0.05) is 6.07 Å². The van der Waals surface area contributed by atoms with Gasteiger partial charge in [0.15, 0.2) is 0 Å². The fourth-order valence-electron chi connectivity index (χ4n) is 2.15. The fraction of sp³-hybridized carbons (Fsp3) is 0.500. The average molecular weight is 226 g/mol. The third-order valence-corrected chi connectivity index (χ3v) is 2.94. The normalized spacial score (nSPS) is 15.3. The molecule has 0 amide bonds. The van der Waals surface area contributed by atoms with Gasteiger partial charge in [0.2, 0.25) is 6.43 Å². The first-order valence-electron chi connectivity index (χ1n) is 5.58. The van der Waals surface area contributed by atoms with Crippen molar-refractivity contribution in [3.05, 3.63) is 23.8 Å². The molecule has 1 aromatic rings. The van der Waals surface area contributed by atoms with Gasteiger partial charge in [-0.15, -0.1) is 0 Å². The Morgan fingerprint density at radius 1 is 1.38 bits per heavy atom. The molecule has 1 heterocycles. The predicted molar refractivity (Wildman–Crippen MR) is 62.0 cm³/mol. The number of hydrogen-bond donors (Lipinski definition) is 1. The van der Waals surface area contributed by atoms with Gasteiger partial charge >= 0.3 is 0 Å². The summed E-state index contributed by atoms with van der Waals surface area (Å²) in [6.07, 6.45) is -0.263. The summed E-state index contributed by atoms with van der Waals surface area (Å²) in [7, 11) is 0. The van der Waals surface area contributed by atoms with Gasteiger partial charge in [0.1, 0.15) is 0 Å². The van der Waals surface area contributed by atoms with E-state index < -0.39 is 6.43 Å². The standard InChI is InChI=1S/C12H16F2N2/c13-12(14)5-7-16-6-1-2-9-3-4-10(15)8-11(9)16/h3-4,8,12H,1-2,5-7,15H2. The molecule has 0 aliphatic carbocycles. The van der Waals surface area contributed by atoms with Crippen LogP contribution in [-0.4, -0.2) is 19.5 Å². The molecule has 0 saturated carbocycles. The number of alkyl halides is 2. The van der Waals surface area contributed by atoms with Gasteiger partial charge in [-0.05, 0) is 30.5 Å². The molecule has 2 rings (SSSR count). The number of halogens is 2. The molecule has 0 atom stereocenters. The monoisotopic (exact) mass is 226 g/mol. The third kappa shape index (κ3) is 2.43. The van der Waals surface area contributed by atoms with Crippen molar-refractivity contribution < 1.29 is 8.78 Å². The second kappa shape index (κ2) is 4.68. The number of anilines is 2. The maximum atomic E-state index is 12.2.